The van der Waals surface area contributed by atoms with Crippen molar-refractivity contribution in [2.75, 3.05) is 6.61 Å². The molecule has 0 saturated heterocycles. The van der Waals surface area contributed by atoms with Crippen molar-refractivity contribution in [2.45, 2.75) is 45.1 Å². The topological polar surface area (TPSA) is 35.2 Å². The van der Waals surface area contributed by atoms with Crippen LogP contribution < -0.4 is 10.5 Å². The van der Waals surface area contributed by atoms with Crippen LogP contribution in [0.5, 0.6) is 5.75 Å². The lowest BCUT2D eigenvalue weighted by atomic mass is 9.84. The summed E-state index contributed by atoms with van der Waals surface area (Å²) in [6.07, 6.45) is 6.46. The number of hydrogen-bond donors (Lipinski definition) is 1. The summed E-state index contributed by atoms with van der Waals surface area (Å²) in [5, 5.41) is 0.672. The van der Waals surface area contributed by atoms with E-state index >= 15 is 0 Å². The van der Waals surface area contributed by atoms with E-state index in [2.05, 4.69) is 0 Å². The minimum absolute atomic E-state index is 0.127. The van der Waals surface area contributed by atoms with E-state index in [9.17, 15) is 0 Å². The molecule has 0 bridgehead atoms. The molecule has 0 aromatic heterocycles. The van der Waals surface area contributed by atoms with Crippen LogP contribution in [0.1, 0.15) is 37.7 Å². The molecule has 1 atom stereocenters. The second-order valence-electron chi connectivity index (χ2n) is 5.31. The molecule has 18 heavy (non-hydrogen) atoms. The van der Waals surface area contributed by atoms with Crippen molar-refractivity contribution in [3.8, 4) is 5.75 Å². The molecule has 0 radical (unpaired) electrons. The molecule has 1 saturated carbocycles. The molecule has 1 fully saturated rings. The van der Waals surface area contributed by atoms with Gasteiger partial charge in [0.1, 0.15) is 12.4 Å². The highest BCUT2D eigenvalue weighted by molar-refractivity contribution is 6.32. The first kappa shape index (κ1) is 13.7. The smallest absolute Gasteiger partial charge is 0.137 e. The fourth-order valence-electron chi connectivity index (χ4n) is 2.61. The summed E-state index contributed by atoms with van der Waals surface area (Å²) in [5.41, 5.74) is 7.35. The maximum absolute atomic E-state index is 6.21. The molecular formula is C15H22ClNO. The number of ether oxygens (including phenoxy) is 1. The zero-order valence-corrected chi connectivity index (χ0v) is 11.7. The summed E-state index contributed by atoms with van der Waals surface area (Å²) in [6, 6.07) is 5.98. The molecule has 3 heteroatoms. The van der Waals surface area contributed by atoms with Gasteiger partial charge in [-0.25, -0.2) is 0 Å². The number of benzene rings is 1. The predicted molar refractivity (Wildman–Crippen MR) is 76.2 cm³/mol. The van der Waals surface area contributed by atoms with Gasteiger partial charge in [-0.1, -0.05) is 36.9 Å². The maximum Gasteiger partial charge on any atom is 0.137 e. The summed E-state index contributed by atoms with van der Waals surface area (Å²) < 4.78 is 5.75. The van der Waals surface area contributed by atoms with Gasteiger partial charge < -0.3 is 10.5 Å². The molecule has 2 rings (SSSR count). The van der Waals surface area contributed by atoms with E-state index in [-0.39, 0.29) is 6.04 Å². The second-order valence-corrected chi connectivity index (χ2v) is 5.71. The number of halogens is 1. The Morgan fingerprint density at radius 3 is 2.72 bits per heavy atom. The van der Waals surface area contributed by atoms with Crippen molar-refractivity contribution in [1.82, 2.24) is 0 Å². The van der Waals surface area contributed by atoms with Crippen LogP contribution in [-0.4, -0.2) is 12.6 Å². The van der Waals surface area contributed by atoms with Gasteiger partial charge in [-0.05, 0) is 43.4 Å². The largest absolute Gasteiger partial charge is 0.490 e. The van der Waals surface area contributed by atoms with Crippen molar-refractivity contribution < 1.29 is 4.74 Å². The van der Waals surface area contributed by atoms with Crippen LogP contribution in [0.15, 0.2) is 18.2 Å². The van der Waals surface area contributed by atoms with Gasteiger partial charge in [0.25, 0.3) is 0 Å². The van der Waals surface area contributed by atoms with E-state index in [1.807, 2.05) is 25.1 Å². The van der Waals surface area contributed by atoms with Gasteiger partial charge in [0.15, 0.2) is 0 Å². The molecule has 0 aliphatic heterocycles. The molecule has 1 unspecified atom stereocenters. The Kier molecular flexibility index (Phi) is 4.90. The fraction of sp³-hybridized carbons (Fsp3) is 0.600. The zero-order valence-electron chi connectivity index (χ0n) is 11.0. The van der Waals surface area contributed by atoms with E-state index in [1.165, 1.54) is 32.1 Å². The van der Waals surface area contributed by atoms with Gasteiger partial charge in [0.05, 0.1) is 5.02 Å². The Balaban J connectivity index is 1.86. The van der Waals surface area contributed by atoms with Crippen LogP contribution in [0.2, 0.25) is 5.02 Å². The lowest BCUT2D eigenvalue weighted by molar-refractivity contribution is 0.214. The predicted octanol–water partition coefficient (Wildman–Crippen LogP) is 3.93. The van der Waals surface area contributed by atoms with E-state index in [0.717, 1.165) is 11.3 Å². The van der Waals surface area contributed by atoms with Gasteiger partial charge in [-0.15, -0.1) is 0 Å². The van der Waals surface area contributed by atoms with Crippen LogP contribution in [0, 0.1) is 12.8 Å². The highest BCUT2D eigenvalue weighted by Crippen LogP contribution is 2.28. The standard InChI is InChI=1S/C15H22ClNO/c1-11-7-8-15(13(16)9-11)18-10-14(17)12-5-3-2-4-6-12/h7-9,12,14H,2-6,10,17H2,1H3. The van der Waals surface area contributed by atoms with Crippen molar-refractivity contribution in [2.24, 2.45) is 11.7 Å². The summed E-state index contributed by atoms with van der Waals surface area (Å²) in [4.78, 5) is 0. The molecule has 1 aliphatic rings. The average Bonchev–Trinajstić information content (AvgIpc) is 2.38. The Bertz CT molecular complexity index is 388. The molecule has 2 nitrogen and oxygen atoms in total. The van der Waals surface area contributed by atoms with E-state index in [1.54, 1.807) is 0 Å². The van der Waals surface area contributed by atoms with Crippen molar-refractivity contribution in [3.05, 3.63) is 28.8 Å². The molecular weight excluding hydrogens is 246 g/mol. The summed E-state index contributed by atoms with van der Waals surface area (Å²) >= 11 is 6.13. The van der Waals surface area contributed by atoms with Gasteiger partial charge >= 0.3 is 0 Å². The van der Waals surface area contributed by atoms with Crippen LogP contribution in [0.3, 0.4) is 0 Å². The zero-order chi connectivity index (χ0) is 13.0. The monoisotopic (exact) mass is 267 g/mol. The first-order valence-electron chi connectivity index (χ1n) is 6.81. The molecule has 0 spiro atoms. The molecule has 1 aliphatic carbocycles. The molecule has 0 amide bonds. The fourth-order valence-corrected chi connectivity index (χ4v) is 2.90. The Morgan fingerprint density at radius 2 is 2.06 bits per heavy atom. The SMILES string of the molecule is Cc1ccc(OCC(N)C2CCCCC2)c(Cl)c1. The first-order chi connectivity index (χ1) is 8.66. The molecule has 1 aromatic carbocycles. The van der Waals surface area contributed by atoms with Crippen molar-refractivity contribution in [1.29, 1.82) is 0 Å². The maximum atomic E-state index is 6.21. The van der Waals surface area contributed by atoms with Crippen LogP contribution in [0.25, 0.3) is 0 Å². The highest BCUT2D eigenvalue weighted by atomic mass is 35.5. The minimum atomic E-state index is 0.127. The molecule has 2 N–H and O–H groups in total. The number of aryl methyl sites for hydroxylation is 1. The Hall–Kier alpha value is -0.730. The van der Waals surface area contributed by atoms with E-state index < -0.39 is 0 Å². The second kappa shape index (κ2) is 6.44. The van der Waals surface area contributed by atoms with Gasteiger partial charge in [-0.2, -0.15) is 0 Å². The van der Waals surface area contributed by atoms with Crippen LogP contribution in [-0.2, 0) is 0 Å². The average molecular weight is 268 g/mol. The van der Waals surface area contributed by atoms with Crippen molar-refractivity contribution >= 4 is 11.6 Å². The van der Waals surface area contributed by atoms with Gasteiger partial charge in [0, 0.05) is 6.04 Å². The molecule has 100 valence electrons. The van der Waals surface area contributed by atoms with E-state index in [4.69, 9.17) is 22.1 Å². The third-order valence-corrected chi connectivity index (χ3v) is 4.07. The van der Waals surface area contributed by atoms with Crippen LogP contribution in [0.4, 0.5) is 0 Å². The quantitative estimate of drug-likeness (QED) is 0.897. The lowest BCUT2D eigenvalue weighted by Gasteiger charge is -2.27. The molecule has 0 heterocycles. The minimum Gasteiger partial charge on any atom is -0.490 e. The number of hydrogen-bond acceptors (Lipinski definition) is 2. The highest BCUT2D eigenvalue weighted by Gasteiger charge is 2.21. The third kappa shape index (κ3) is 3.63. The summed E-state index contributed by atoms with van der Waals surface area (Å²) in [7, 11) is 0. The normalized spacial score (nSPS) is 18.6. The lowest BCUT2D eigenvalue weighted by Crippen LogP contribution is -2.37. The van der Waals surface area contributed by atoms with Gasteiger partial charge in [-0.3, -0.25) is 0 Å². The molecule has 1 aromatic rings. The first-order valence-corrected chi connectivity index (χ1v) is 7.19. The summed E-state index contributed by atoms with van der Waals surface area (Å²) in [6.45, 7) is 2.58. The van der Waals surface area contributed by atoms with Crippen molar-refractivity contribution in [3.63, 3.8) is 0 Å². The van der Waals surface area contributed by atoms with Gasteiger partial charge in [0.2, 0.25) is 0 Å². The Labute approximate surface area is 114 Å². The van der Waals surface area contributed by atoms with E-state index in [0.29, 0.717) is 17.5 Å². The van der Waals surface area contributed by atoms with Crippen LogP contribution >= 0.6 is 11.6 Å². The Morgan fingerprint density at radius 1 is 1.33 bits per heavy atom. The number of nitrogens with two attached hydrogens (primary N) is 1. The summed E-state index contributed by atoms with van der Waals surface area (Å²) in [5.74, 6) is 1.36. The number of rotatable bonds is 4. The third-order valence-electron chi connectivity index (χ3n) is 3.77.